The number of methoxy groups -OCH3 is 1. The molecule has 0 aliphatic rings. The Morgan fingerprint density at radius 2 is 1.79 bits per heavy atom. The number of para-hydroxylation sites is 1. The molecule has 0 aliphatic heterocycles. The highest BCUT2D eigenvalue weighted by Gasteiger charge is 2.00. The first kappa shape index (κ1) is 12.8. The largest absolute Gasteiger partial charge is 0.497 e. The lowest BCUT2D eigenvalue weighted by Crippen LogP contribution is -2.08. The van der Waals surface area contributed by atoms with Crippen molar-refractivity contribution in [3.05, 3.63) is 54.6 Å². The van der Waals surface area contributed by atoms with Crippen LogP contribution in [0.3, 0.4) is 0 Å². The van der Waals surface area contributed by atoms with Crippen LogP contribution < -0.4 is 9.47 Å². The summed E-state index contributed by atoms with van der Waals surface area (Å²) in [5.41, 5.74) is 0.629. The van der Waals surface area contributed by atoms with Crippen LogP contribution in [0.2, 0.25) is 0 Å². The third-order valence-corrected chi connectivity index (χ3v) is 2.33. The van der Waals surface area contributed by atoms with Crippen molar-refractivity contribution < 1.29 is 14.3 Å². The Morgan fingerprint density at radius 3 is 2.53 bits per heavy atom. The monoisotopic (exact) mass is 255 g/mol. The molecule has 0 heterocycles. The number of nitrogens with zero attached hydrogens (tertiary/aromatic N) is 1. The van der Waals surface area contributed by atoms with Gasteiger partial charge in [0.05, 0.1) is 12.8 Å². The molecular weight excluding hydrogens is 242 g/mol. The van der Waals surface area contributed by atoms with E-state index in [1.807, 2.05) is 6.07 Å². The normalized spacial score (nSPS) is 10.4. The maximum absolute atomic E-state index is 11.5. The van der Waals surface area contributed by atoms with Gasteiger partial charge >= 0.3 is 5.97 Å². The van der Waals surface area contributed by atoms with Crippen molar-refractivity contribution in [1.82, 2.24) is 0 Å². The zero-order valence-corrected chi connectivity index (χ0v) is 10.4. The number of rotatable bonds is 4. The third-order valence-electron chi connectivity index (χ3n) is 2.33. The first-order valence-corrected chi connectivity index (χ1v) is 5.73. The second-order valence-electron chi connectivity index (χ2n) is 3.69. The fraction of sp³-hybridized carbons (Fsp3) is 0.0667. The Hall–Kier alpha value is -2.62. The van der Waals surface area contributed by atoms with Gasteiger partial charge in [-0.25, -0.2) is 9.79 Å². The fourth-order valence-electron chi connectivity index (χ4n) is 1.45. The van der Waals surface area contributed by atoms with Gasteiger partial charge in [0.2, 0.25) is 0 Å². The summed E-state index contributed by atoms with van der Waals surface area (Å²) in [6.07, 6.45) is 1.14. The molecule has 4 heteroatoms. The van der Waals surface area contributed by atoms with Crippen molar-refractivity contribution in [3.8, 4) is 11.5 Å². The molecule has 0 fully saturated rings. The van der Waals surface area contributed by atoms with Crippen LogP contribution >= 0.6 is 0 Å². The molecule has 2 aromatic rings. The molecule has 0 unspecified atom stereocenters. The highest BCUT2D eigenvalue weighted by Crippen LogP contribution is 2.18. The zero-order valence-electron chi connectivity index (χ0n) is 10.4. The van der Waals surface area contributed by atoms with E-state index >= 15 is 0 Å². The van der Waals surface area contributed by atoms with Crippen molar-refractivity contribution in [1.29, 1.82) is 0 Å². The van der Waals surface area contributed by atoms with Gasteiger partial charge in [-0.05, 0) is 24.3 Å². The number of ether oxygens (including phenoxy) is 2. The van der Waals surface area contributed by atoms with Gasteiger partial charge in [0.25, 0.3) is 0 Å². The van der Waals surface area contributed by atoms with Gasteiger partial charge < -0.3 is 9.47 Å². The molecule has 2 rings (SSSR count). The quantitative estimate of drug-likeness (QED) is 0.479. The summed E-state index contributed by atoms with van der Waals surface area (Å²) in [6, 6.07) is 16.0. The lowest BCUT2D eigenvalue weighted by atomic mass is 10.3. The number of hydrogen-bond acceptors (Lipinski definition) is 4. The number of esters is 1. The fourth-order valence-corrected chi connectivity index (χ4v) is 1.45. The van der Waals surface area contributed by atoms with E-state index < -0.39 is 5.97 Å². The predicted molar refractivity (Wildman–Crippen MR) is 73.2 cm³/mol. The average molecular weight is 255 g/mol. The molecule has 0 aromatic heterocycles. The van der Waals surface area contributed by atoms with Crippen LogP contribution in [0.1, 0.15) is 0 Å². The van der Waals surface area contributed by atoms with E-state index in [1.165, 1.54) is 0 Å². The first-order chi connectivity index (χ1) is 9.28. The average Bonchev–Trinajstić information content (AvgIpc) is 2.46. The Morgan fingerprint density at radius 1 is 1.05 bits per heavy atom. The minimum absolute atomic E-state index is 0.490. The Kier molecular flexibility index (Phi) is 4.29. The predicted octanol–water partition coefficient (Wildman–Crippen LogP) is 3.00. The van der Waals surface area contributed by atoms with E-state index in [0.717, 1.165) is 6.21 Å². The summed E-state index contributed by atoms with van der Waals surface area (Å²) in [7, 11) is 1.58. The van der Waals surface area contributed by atoms with Gasteiger partial charge in [0.15, 0.2) is 0 Å². The van der Waals surface area contributed by atoms with E-state index in [9.17, 15) is 4.79 Å². The molecule has 0 amide bonds. The van der Waals surface area contributed by atoms with Crippen LogP contribution in [-0.2, 0) is 4.79 Å². The highest BCUT2D eigenvalue weighted by molar-refractivity contribution is 6.24. The van der Waals surface area contributed by atoms with E-state index in [-0.39, 0.29) is 0 Å². The van der Waals surface area contributed by atoms with E-state index in [2.05, 4.69) is 4.99 Å². The highest BCUT2D eigenvalue weighted by atomic mass is 16.5. The molecule has 4 nitrogen and oxygen atoms in total. The standard InChI is InChI=1S/C15H13NO3/c1-18-14-9-5-6-12(10-14)16-11-15(17)19-13-7-3-2-4-8-13/h2-11H,1H3. The Labute approximate surface area is 111 Å². The second kappa shape index (κ2) is 6.35. The third kappa shape index (κ3) is 3.96. The van der Waals surface area contributed by atoms with Gasteiger partial charge in [-0.3, -0.25) is 0 Å². The van der Waals surface area contributed by atoms with Gasteiger partial charge in [0.1, 0.15) is 17.7 Å². The molecule has 2 aromatic carbocycles. The molecule has 0 aliphatic carbocycles. The van der Waals surface area contributed by atoms with Crippen LogP contribution in [0.4, 0.5) is 5.69 Å². The van der Waals surface area contributed by atoms with Gasteiger partial charge in [0, 0.05) is 6.07 Å². The van der Waals surface area contributed by atoms with E-state index in [1.54, 1.807) is 55.6 Å². The lowest BCUT2D eigenvalue weighted by Gasteiger charge is -2.00. The summed E-state index contributed by atoms with van der Waals surface area (Å²) in [5.74, 6) is 0.657. The van der Waals surface area contributed by atoms with Crippen molar-refractivity contribution in [2.75, 3.05) is 7.11 Å². The maximum atomic E-state index is 11.5. The van der Waals surface area contributed by atoms with Crippen LogP contribution in [0.5, 0.6) is 11.5 Å². The SMILES string of the molecule is COc1cccc(N=CC(=O)Oc2ccccc2)c1. The molecule has 0 saturated carbocycles. The van der Waals surface area contributed by atoms with Crippen molar-refractivity contribution >= 4 is 17.9 Å². The van der Waals surface area contributed by atoms with Crippen LogP contribution in [0.25, 0.3) is 0 Å². The van der Waals surface area contributed by atoms with Crippen LogP contribution in [-0.4, -0.2) is 19.3 Å². The smallest absolute Gasteiger partial charge is 0.354 e. The number of benzene rings is 2. The second-order valence-corrected chi connectivity index (χ2v) is 3.69. The summed E-state index contributed by atoms with van der Waals surface area (Å²) < 4.78 is 10.1. The maximum Gasteiger partial charge on any atom is 0.354 e. The van der Waals surface area contributed by atoms with Crippen molar-refractivity contribution in [2.45, 2.75) is 0 Å². The van der Waals surface area contributed by atoms with Crippen LogP contribution in [0.15, 0.2) is 59.6 Å². The van der Waals surface area contributed by atoms with Crippen LogP contribution in [0, 0.1) is 0 Å². The van der Waals surface area contributed by atoms with E-state index in [4.69, 9.17) is 9.47 Å². The van der Waals surface area contributed by atoms with E-state index in [0.29, 0.717) is 17.2 Å². The number of hydrogen-bond donors (Lipinski definition) is 0. The summed E-state index contributed by atoms with van der Waals surface area (Å²) in [4.78, 5) is 15.6. The Bertz CT molecular complexity index is 579. The number of aliphatic imine (C=N–C) groups is 1. The topological polar surface area (TPSA) is 47.9 Å². The summed E-state index contributed by atoms with van der Waals surface area (Å²) in [6.45, 7) is 0. The summed E-state index contributed by atoms with van der Waals surface area (Å²) in [5, 5.41) is 0. The molecule has 0 atom stereocenters. The van der Waals surface area contributed by atoms with Gasteiger partial charge in [-0.15, -0.1) is 0 Å². The summed E-state index contributed by atoms with van der Waals surface area (Å²) >= 11 is 0. The van der Waals surface area contributed by atoms with Crippen molar-refractivity contribution in [2.24, 2.45) is 4.99 Å². The Balaban J connectivity index is 2.00. The minimum Gasteiger partial charge on any atom is -0.497 e. The minimum atomic E-state index is -0.519. The van der Waals surface area contributed by atoms with Gasteiger partial charge in [-0.1, -0.05) is 24.3 Å². The molecule has 0 bridgehead atoms. The molecule has 0 N–H and O–H groups in total. The molecule has 0 radical (unpaired) electrons. The van der Waals surface area contributed by atoms with Crippen molar-refractivity contribution in [3.63, 3.8) is 0 Å². The molecule has 96 valence electrons. The first-order valence-electron chi connectivity index (χ1n) is 5.73. The van der Waals surface area contributed by atoms with Gasteiger partial charge in [-0.2, -0.15) is 0 Å². The molecular formula is C15H13NO3. The molecule has 0 saturated heterocycles. The lowest BCUT2D eigenvalue weighted by molar-refractivity contribution is -0.126. The molecule has 19 heavy (non-hydrogen) atoms. The zero-order chi connectivity index (χ0) is 13.5. The number of carbonyl (C=O) groups excluding carboxylic acids is 1. The number of carbonyl (C=O) groups is 1. The molecule has 0 spiro atoms.